The van der Waals surface area contributed by atoms with Crippen molar-refractivity contribution in [3.8, 4) is 0 Å². The average Bonchev–Trinajstić information content (AvgIpc) is 2.96. The normalized spacial score (nSPS) is 31.3. The maximum Gasteiger partial charge on any atom is 0.303 e. The molecular weight excluding hydrogens is 602 g/mol. The van der Waals surface area contributed by atoms with Crippen LogP contribution in [0.4, 0.5) is 0 Å². The van der Waals surface area contributed by atoms with Crippen molar-refractivity contribution in [2.45, 2.75) is 103 Å². The van der Waals surface area contributed by atoms with E-state index >= 15 is 0 Å². The van der Waals surface area contributed by atoms with Gasteiger partial charge in [-0.25, -0.2) is 0 Å². The van der Waals surface area contributed by atoms with E-state index in [1.165, 1.54) is 6.92 Å². The standard InChI is InChI=1S/C29H39NO15/c1-14(32)30-22-25(23(37)20(11-31)43-28(22)39-12-19-9-7-6-8-10-19)45-29-27(42-18(5)36)26(41-17(4)35)24(40-16(3)34)21(44-29)13-38-15(2)33/h6-10,20-29,31,37H,11-13H2,1-5H3,(H,30,32)/t20?,21?,22?,23-,24-,25?,26?,27?,28-,29-/m0/s1. The highest BCUT2D eigenvalue weighted by atomic mass is 16.7. The van der Waals surface area contributed by atoms with Gasteiger partial charge in [-0.3, -0.25) is 24.0 Å². The zero-order valence-electron chi connectivity index (χ0n) is 25.5. The summed E-state index contributed by atoms with van der Waals surface area (Å²) in [4.78, 5) is 60.3. The molecule has 3 N–H and O–H groups in total. The van der Waals surface area contributed by atoms with Gasteiger partial charge in [0.1, 0.15) is 37.1 Å². The second-order valence-electron chi connectivity index (χ2n) is 10.4. The Morgan fingerprint density at radius 2 is 1.33 bits per heavy atom. The molecule has 0 saturated carbocycles. The molecule has 1 amide bonds. The van der Waals surface area contributed by atoms with Gasteiger partial charge >= 0.3 is 23.9 Å². The van der Waals surface area contributed by atoms with Crippen LogP contribution in [-0.4, -0.2) is 115 Å². The number of nitrogens with one attached hydrogen (secondary N) is 1. The van der Waals surface area contributed by atoms with Crippen LogP contribution in [0.25, 0.3) is 0 Å². The second-order valence-corrected chi connectivity index (χ2v) is 10.4. The molecule has 0 aliphatic carbocycles. The van der Waals surface area contributed by atoms with Crippen molar-refractivity contribution in [3.05, 3.63) is 35.9 Å². The summed E-state index contributed by atoms with van der Waals surface area (Å²) in [6.45, 7) is 4.38. The third kappa shape index (κ3) is 10.2. The highest BCUT2D eigenvalue weighted by Gasteiger charge is 2.56. The largest absolute Gasteiger partial charge is 0.463 e. The van der Waals surface area contributed by atoms with Gasteiger partial charge in [-0.15, -0.1) is 0 Å². The summed E-state index contributed by atoms with van der Waals surface area (Å²) >= 11 is 0. The van der Waals surface area contributed by atoms with Crippen molar-refractivity contribution in [2.75, 3.05) is 13.2 Å². The SMILES string of the molecule is CC(=O)NC1C(O[C@@H]2OC(COC(C)=O)[C@H](OC(C)=O)C(OC(C)=O)C2OC(C)=O)[C@@H](O)C(CO)O[C@@H]1OCc1ccccc1. The molecule has 6 unspecified atom stereocenters. The number of amides is 1. The van der Waals surface area contributed by atoms with Gasteiger partial charge in [-0.2, -0.15) is 0 Å². The fourth-order valence-electron chi connectivity index (χ4n) is 4.97. The number of aliphatic hydroxyl groups is 2. The summed E-state index contributed by atoms with van der Waals surface area (Å²) in [5.41, 5.74) is 0.756. The Morgan fingerprint density at radius 1 is 0.756 bits per heavy atom. The molecule has 0 bridgehead atoms. The van der Waals surface area contributed by atoms with E-state index in [1.54, 1.807) is 24.3 Å². The highest BCUT2D eigenvalue weighted by molar-refractivity contribution is 5.73. The Bertz CT molecular complexity index is 1180. The number of carbonyl (C=O) groups is 5. The molecule has 0 radical (unpaired) electrons. The van der Waals surface area contributed by atoms with Crippen LogP contribution in [0, 0.1) is 0 Å². The van der Waals surface area contributed by atoms with E-state index in [9.17, 15) is 34.2 Å². The van der Waals surface area contributed by atoms with Crippen molar-refractivity contribution < 1.29 is 72.1 Å². The maximum atomic E-state index is 12.3. The number of hydrogen-bond acceptors (Lipinski definition) is 15. The first-order valence-electron chi connectivity index (χ1n) is 14.1. The Morgan fingerprint density at radius 3 is 1.89 bits per heavy atom. The molecule has 1 aromatic carbocycles. The minimum absolute atomic E-state index is 0.0155. The second kappa shape index (κ2) is 16.6. The Hall–Kier alpha value is -3.67. The van der Waals surface area contributed by atoms with Crippen LogP contribution in [0.1, 0.15) is 40.2 Å². The minimum atomic E-state index is -1.69. The first kappa shape index (κ1) is 35.8. The number of hydrogen-bond donors (Lipinski definition) is 3. The molecule has 2 aliphatic heterocycles. The van der Waals surface area contributed by atoms with Crippen LogP contribution in [-0.2, 0) is 68.5 Å². The average molecular weight is 642 g/mol. The third-order valence-electron chi connectivity index (χ3n) is 6.72. The number of aliphatic hydroxyl groups excluding tert-OH is 2. The van der Waals surface area contributed by atoms with Crippen LogP contribution < -0.4 is 5.32 Å². The fraction of sp³-hybridized carbons (Fsp3) is 0.621. The topological polar surface area (TPSA) is 212 Å². The van der Waals surface area contributed by atoms with Crippen LogP contribution in [0.3, 0.4) is 0 Å². The van der Waals surface area contributed by atoms with Gasteiger partial charge in [0.05, 0.1) is 13.2 Å². The van der Waals surface area contributed by atoms with E-state index in [4.69, 9.17) is 37.9 Å². The fourth-order valence-corrected chi connectivity index (χ4v) is 4.97. The Balaban J connectivity index is 2.03. The van der Waals surface area contributed by atoms with Crippen LogP contribution in [0.5, 0.6) is 0 Å². The summed E-state index contributed by atoms with van der Waals surface area (Å²) in [6, 6.07) is 7.76. The smallest absolute Gasteiger partial charge is 0.303 e. The molecule has 16 heteroatoms. The number of benzene rings is 1. The summed E-state index contributed by atoms with van der Waals surface area (Å²) in [6.07, 6.45) is -13.2. The molecule has 1 aromatic rings. The van der Waals surface area contributed by atoms with Crippen molar-refractivity contribution in [2.24, 2.45) is 0 Å². The molecule has 2 saturated heterocycles. The quantitative estimate of drug-likeness (QED) is 0.189. The summed E-state index contributed by atoms with van der Waals surface area (Å²) in [7, 11) is 0. The highest BCUT2D eigenvalue weighted by Crippen LogP contribution is 2.34. The number of rotatable bonds is 12. The van der Waals surface area contributed by atoms with Gasteiger partial charge in [0.25, 0.3) is 0 Å². The van der Waals surface area contributed by atoms with Gasteiger partial charge in [-0.05, 0) is 5.56 Å². The zero-order chi connectivity index (χ0) is 33.3. The van der Waals surface area contributed by atoms with E-state index < -0.39 is 104 Å². The van der Waals surface area contributed by atoms with E-state index in [2.05, 4.69) is 5.32 Å². The summed E-state index contributed by atoms with van der Waals surface area (Å²) < 4.78 is 45.2. The van der Waals surface area contributed by atoms with Crippen LogP contribution in [0.2, 0.25) is 0 Å². The van der Waals surface area contributed by atoms with Gasteiger partial charge < -0.3 is 53.4 Å². The van der Waals surface area contributed by atoms with Gasteiger partial charge in [-0.1, -0.05) is 30.3 Å². The first-order chi connectivity index (χ1) is 21.3. The number of ether oxygens (including phenoxy) is 8. The molecular formula is C29H39NO15. The molecule has 16 nitrogen and oxygen atoms in total. The Labute approximate surface area is 259 Å². The third-order valence-corrected chi connectivity index (χ3v) is 6.72. The number of esters is 4. The molecule has 0 spiro atoms. The molecule has 3 rings (SSSR count). The molecule has 0 aromatic heterocycles. The lowest BCUT2D eigenvalue weighted by molar-refractivity contribution is -0.347. The molecule has 250 valence electrons. The Kier molecular flexibility index (Phi) is 13.2. The van der Waals surface area contributed by atoms with Crippen molar-refractivity contribution in [3.63, 3.8) is 0 Å². The van der Waals surface area contributed by atoms with Crippen LogP contribution in [0.15, 0.2) is 30.3 Å². The van der Waals surface area contributed by atoms with E-state index in [-0.39, 0.29) is 6.61 Å². The van der Waals surface area contributed by atoms with Gasteiger partial charge in [0.15, 0.2) is 30.9 Å². The predicted octanol–water partition coefficient (Wildman–Crippen LogP) is -0.746. The van der Waals surface area contributed by atoms with Crippen LogP contribution >= 0.6 is 0 Å². The van der Waals surface area contributed by atoms with Gasteiger partial charge in [0.2, 0.25) is 5.91 Å². The van der Waals surface area contributed by atoms with Gasteiger partial charge in [0, 0.05) is 34.6 Å². The minimum Gasteiger partial charge on any atom is -0.463 e. The molecule has 2 aliphatic rings. The zero-order valence-corrected chi connectivity index (χ0v) is 25.5. The van der Waals surface area contributed by atoms with E-state index in [1.807, 2.05) is 6.07 Å². The lowest BCUT2D eigenvalue weighted by Gasteiger charge is -2.48. The molecule has 2 heterocycles. The molecule has 45 heavy (non-hydrogen) atoms. The predicted molar refractivity (Wildman–Crippen MR) is 147 cm³/mol. The lowest BCUT2D eigenvalue weighted by atomic mass is 9.95. The maximum absolute atomic E-state index is 12.3. The van der Waals surface area contributed by atoms with Crippen molar-refractivity contribution >= 4 is 29.8 Å². The lowest BCUT2D eigenvalue weighted by Crippen LogP contribution is -2.68. The molecule has 10 atom stereocenters. The van der Waals surface area contributed by atoms with E-state index in [0.29, 0.717) is 0 Å². The molecule has 2 fully saturated rings. The summed E-state index contributed by atoms with van der Waals surface area (Å²) in [5.74, 6) is -3.79. The number of carbonyl (C=O) groups excluding carboxylic acids is 5. The first-order valence-corrected chi connectivity index (χ1v) is 14.1. The van der Waals surface area contributed by atoms with Crippen molar-refractivity contribution in [1.29, 1.82) is 0 Å². The summed E-state index contributed by atoms with van der Waals surface area (Å²) in [5, 5.41) is 23.9. The van der Waals surface area contributed by atoms with Crippen molar-refractivity contribution in [1.82, 2.24) is 5.32 Å². The van der Waals surface area contributed by atoms with E-state index in [0.717, 1.165) is 33.3 Å². The monoisotopic (exact) mass is 641 g/mol.